The van der Waals surface area contributed by atoms with E-state index >= 15 is 0 Å². The normalized spacial score (nSPS) is 19.3. The number of carbonyl (C=O) groups is 2. The molecule has 0 aromatic carbocycles. The van der Waals surface area contributed by atoms with E-state index in [2.05, 4.69) is 37.6 Å². The van der Waals surface area contributed by atoms with Crippen molar-refractivity contribution < 1.29 is 14.3 Å². The number of ether oxygens (including phenoxy) is 1. The maximum Gasteiger partial charge on any atom is 0.407 e. The number of aromatic nitrogens is 1. The number of methoxy groups -OCH3 is 1. The Morgan fingerprint density at radius 1 is 1.45 bits per heavy atom. The van der Waals surface area contributed by atoms with Gasteiger partial charge >= 0.3 is 6.09 Å². The Morgan fingerprint density at radius 3 is 2.73 bits per heavy atom. The lowest BCUT2D eigenvalue weighted by Crippen LogP contribution is -2.51. The molecule has 6 nitrogen and oxygen atoms in total. The summed E-state index contributed by atoms with van der Waals surface area (Å²) in [5.74, 6) is -0.0517. The molecule has 2 N–H and O–H groups in total. The van der Waals surface area contributed by atoms with Gasteiger partial charge in [0.2, 0.25) is 5.91 Å². The Kier molecular flexibility index (Phi) is 5.71. The van der Waals surface area contributed by atoms with Crippen LogP contribution in [0.25, 0.3) is 0 Å². The van der Waals surface area contributed by atoms with Gasteiger partial charge in [0.1, 0.15) is 6.04 Å². The number of hydrogen-bond donors (Lipinski definition) is 2. The molecule has 7 heteroatoms. The highest BCUT2D eigenvalue weighted by atomic mass is 127. The number of nitrogens with zero attached hydrogens (tertiary/aromatic N) is 1. The van der Waals surface area contributed by atoms with E-state index in [1.165, 1.54) is 7.11 Å². The average molecular weight is 419 g/mol. The smallest absolute Gasteiger partial charge is 0.407 e. The quantitative estimate of drug-likeness (QED) is 0.738. The molecule has 0 spiro atoms. The molecule has 2 amide bonds. The van der Waals surface area contributed by atoms with Crippen molar-refractivity contribution in [2.24, 2.45) is 5.92 Å². The molecule has 1 aliphatic rings. The predicted octanol–water partition coefficient (Wildman–Crippen LogP) is 2.66. The van der Waals surface area contributed by atoms with Crippen LogP contribution in [0.5, 0.6) is 0 Å². The summed E-state index contributed by atoms with van der Waals surface area (Å²) in [6, 6.07) is 3.51. The molecule has 0 unspecified atom stereocenters. The van der Waals surface area contributed by atoms with E-state index in [0.717, 1.165) is 22.2 Å². The fraction of sp³-hybridized carbons (Fsp3) is 0.600. The molecular formula is C15H22IN3O3. The summed E-state index contributed by atoms with van der Waals surface area (Å²) >= 11 is 2.22. The Bertz CT molecular complexity index is 544. The monoisotopic (exact) mass is 419 g/mol. The maximum absolute atomic E-state index is 12.9. The van der Waals surface area contributed by atoms with Crippen LogP contribution in [-0.4, -0.2) is 41.6 Å². The van der Waals surface area contributed by atoms with Crippen molar-refractivity contribution in [2.75, 3.05) is 13.7 Å². The summed E-state index contributed by atoms with van der Waals surface area (Å²) in [5.41, 5.74) is 1.05. The molecule has 0 aliphatic carbocycles. The van der Waals surface area contributed by atoms with Crippen molar-refractivity contribution in [3.05, 3.63) is 21.5 Å². The van der Waals surface area contributed by atoms with Gasteiger partial charge in [0.15, 0.2) is 0 Å². The molecule has 2 atom stereocenters. The van der Waals surface area contributed by atoms with Crippen LogP contribution in [0.4, 0.5) is 4.79 Å². The van der Waals surface area contributed by atoms with Crippen molar-refractivity contribution >= 4 is 34.6 Å². The van der Waals surface area contributed by atoms with Crippen LogP contribution < -0.4 is 5.32 Å². The van der Waals surface area contributed by atoms with Gasteiger partial charge in [0.25, 0.3) is 0 Å². The Hall–Kier alpha value is -1.25. The number of alkyl carbamates (subject to hydrolysis) is 1. The van der Waals surface area contributed by atoms with Crippen LogP contribution in [-0.2, 0) is 9.53 Å². The second-order valence-electron chi connectivity index (χ2n) is 5.81. The van der Waals surface area contributed by atoms with Gasteiger partial charge in [-0.3, -0.25) is 4.79 Å². The molecular weight excluding hydrogens is 397 g/mol. The zero-order chi connectivity index (χ0) is 16.3. The van der Waals surface area contributed by atoms with E-state index < -0.39 is 12.1 Å². The predicted molar refractivity (Wildman–Crippen MR) is 91.4 cm³/mol. The molecule has 0 saturated carbocycles. The van der Waals surface area contributed by atoms with Gasteiger partial charge in [-0.1, -0.05) is 13.8 Å². The molecule has 2 rings (SSSR count). The largest absolute Gasteiger partial charge is 0.453 e. The average Bonchev–Trinajstić information content (AvgIpc) is 3.11. The second kappa shape index (κ2) is 7.34. The third-order valence-corrected chi connectivity index (χ3v) is 4.59. The first-order chi connectivity index (χ1) is 10.4. The Labute approximate surface area is 144 Å². The lowest BCUT2D eigenvalue weighted by atomic mass is 10.0. The van der Waals surface area contributed by atoms with Crippen LogP contribution >= 0.6 is 22.6 Å². The molecule has 122 valence electrons. The highest BCUT2D eigenvalue weighted by molar-refractivity contribution is 14.1. The van der Waals surface area contributed by atoms with Crippen molar-refractivity contribution in [2.45, 2.75) is 38.8 Å². The summed E-state index contributed by atoms with van der Waals surface area (Å²) in [4.78, 5) is 29.5. The van der Waals surface area contributed by atoms with Crippen LogP contribution in [0.1, 0.15) is 38.4 Å². The molecule has 1 fully saturated rings. The molecule has 1 aromatic heterocycles. The molecule has 0 radical (unpaired) electrons. The molecule has 1 saturated heterocycles. The van der Waals surface area contributed by atoms with Crippen molar-refractivity contribution in [3.63, 3.8) is 0 Å². The first-order valence-electron chi connectivity index (χ1n) is 7.43. The molecule has 1 aliphatic heterocycles. The lowest BCUT2D eigenvalue weighted by molar-refractivity contribution is -0.135. The number of rotatable bonds is 4. The van der Waals surface area contributed by atoms with Gasteiger partial charge in [0.05, 0.1) is 16.9 Å². The summed E-state index contributed by atoms with van der Waals surface area (Å²) in [5, 5.41) is 2.66. The van der Waals surface area contributed by atoms with Gasteiger partial charge in [-0.15, -0.1) is 0 Å². The summed E-state index contributed by atoms with van der Waals surface area (Å²) in [6.45, 7) is 4.55. The van der Waals surface area contributed by atoms with E-state index in [-0.39, 0.29) is 17.9 Å². The number of likely N-dealkylation sites (tertiary alicyclic amines) is 1. The minimum atomic E-state index is -0.572. The molecule has 22 heavy (non-hydrogen) atoms. The van der Waals surface area contributed by atoms with E-state index in [9.17, 15) is 9.59 Å². The third kappa shape index (κ3) is 3.74. The molecule has 0 bridgehead atoms. The zero-order valence-corrected chi connectivity index (χ0v) is 15.2. The third-order valence-electron chi connectivity index (χ3n) is 3.96. The first kappa shape index (κ1) is 17.1. The fourth-order valence-electron chi connectivity index (χ4n) is 2.81. The van der Waals surface area contributed by atoms with Gasteiger partial charge in [0, 0.05) is 12.2 Å². The minimum Gasteiger partial charge on any atom is -0.453 e. The standard InChI is InChI=1S/C15H22IN3O3/c1-9(2)13(18-15(21)22-3)14(20)19-8-4-5-11(19)10-6-7-12(16)17-10/h6-7,9,11,13,17H,4-5,8H2,1-3H3,(H,18,21)/t11-,13-/m0/s1. The zero-order valence-electron chi connectivity index (χ0n) is 13.1. The summed E-state index contributed by atoms with van der Waals surface area (Å²) < 4.78 is 5.69. The van der Waals surface area contributed by atoms with Gasteiger partial charge < -0.3 is 19.9 Å². The van der Waals surface area contributed by atoms with E-state index in [1.54, 1.807) is 0 Å². The van der Waals surface area contributed by atoms with Crippen LogP contribution in [0.3, 0.4) is 0 Å². The highest BCUT2D eigenvalue weighted by Crippen LogP contribution is 2.32. The van der Waals surface area contributed by atoms with E-state index in [0.29, 0.717) is 6.54 Å². The fourth-order valence-corrected chi connectivity index (χ4v) is 3.30. The van der Waals surface area contributed by atoms with Crippen molar-refractivity contribution in [1.82, 2.24) is 15.2 Å². The second-order valence-corrected chi connectivity index (χ2v) is 6.97. The van der Waals surface area contributed by atoms with Crippen molar-refractivity contribution in [1.29, 1.82) is 0 Å². The van der Waals surface area contributed by atoms with Crippen molar-refractivity contribution in [3.8, 4) is 0 Å². The highest BCUT2D eigenvalue weighted by Gasteiger charge is 2.36. The summed E-state index contributed by atoms with van der Waals surface area (Å²) in [7, 11) is 1.30. The lowest BCUT2D eigenvalue weighted by Gasteiger charge is -2.30. The number of amides is 2. The first-order valence-corrected chi connectivity index (χ1v) is 8.51. The Morgan fingerprint density at radius 2 is 2.18 bits per heavy atom. The van der Waals surface area contributed by atoms with E-state index in [4.69, 9.17) is 0 Å². The van der Waals surface area contributed by atoms with Crippen LogP contribution in [0.15, 0.2) is 12.1 Å². The topological polar surface area (TPSA) is 74.4 Å². The number of carbonyl (C=O) groups excluding carboxylic acids is 2. The maximum atomic E-state index is 12.9. The molecule has 2 heterocycles. The van der Waals surface area contributed by atoms with Crippen LogP contribution in [0, 0.1) is 9.62 Å². The number of halogens is 1. The summed E-state index contributed by atoms with van der Waals surface area (Å²) in [6.07, 6.45) is 1.33. The van der Waals surface area contributed by atoms with Crippen LogP contribution in [0.2, 0.25) is 0 Å². The van der Waals surface area contributed by atoms with Gasteiger partial charge in [-0.25, -0.2) is 4.79 Å². The van der Waals surface area contributed by atoms with Gasteiger partial charge in [-0.05, 0) is 53.5 Å². The number of nitrogens with one attached hydrogen (secondary N) is 2. The minimum absolute atomic E-state index is 0.00312. The van der Waals surface area contributed by atoms with E-state index in [1.807, 2.05) is 30.9 Å². The number of aromatic amines is 1. The number of H-pyrrole nitrogens is 1. The Balaban J connectivity index is 2.16. The van der Waals surface area contributed by atoms with Gasteiger partial charge in [-0.2, -0.15) is 0 Å². The SMILES string of the molecule is COC(=O)N[C@H](C(=O)N1CCC[C@H]1c1ccc(I)[nH]1)C(C)C. The number of hydrogen-bond acceptors (Lipinski definition) is 3. The molecule has 1 aromatic rings.